The van der Waals surface area contributed by atoms with Gasteiger partial charge >= 0.3 is 0 Å². The monoisotopic (exact) mass is 254 g/mol. The first kappa shape index (κ1) is 13.4. The average Bonchev–Trinajstić information content (AvgIpc) is 2.38. The van der Waals surface area contributed by atoms with Crippen molar-refractivity contribution in [1.29, 1.82) is 0 Å². The van der Waals surface area contributed by atoms with E-state index in [0.717, 1.165) is 12.5 Å². The van der Waals surface area contributed by atoms with Crippen LogP contribution in [0.3, 0.4) is 0 Å². The molecule has 1 unspecified atom stereocenters. The average molecular weight is 254 g/mol. The van der Waals surface area contributed by atoms with Crippen molar-refractivity contribution in [3.63, 3.8) is 0 Å². The van der Waals surface area contributed by atoms with Crippen molar-refractivity contribution in [2.45, 2.75) is 44.4 Å². The maximum absolute atomic E-state index is 3.68. The highest BCUT2D eigenvalue weighted by Gasteiger charge is 2.36. The number of unbranched alkanes of at least 4 members (excludes halogenated alkanes) is 1. The van der Waals surface area contributed by atoms with Crippen LogP contribution < -0.4 is 5.32 Å². The molecular formula is C14H26N2S. The molecule has 0 aromatic carbocycles. The van der Waals surface area contributed by atoms with Crippen LogP contribution in [0.25, 0.3) is 0 Å². The molecule has 1 atom stereocenters. The Morgan fingerprint density at radius 1 is 1.41 bits per heavy atom. The maximum atomic E-state index is 3.68. The van der Waals surface area contributed by atoms with Crippen LogP contribution in [0.4, 0.5) is 0 Å². The van der Waals surface area contributed by atoms with E-state index in [0.29, 0.717) is 0 Å². The molecule has 0 aromatic rings. The molecule has 1 fully saturated rings. The lowest BCUT2D eigenvalue weighted by Gasteiger charge is -2.43. The van der Waals surface area contributed by atoms with Crippen LogP contribution in [0.2, 0.25) is 0 Å². The van der Waals surface area contributed by atoms with E-state index in [1.807, 2.05) is 11.8 Å². The molecule has 2 nitrogen and oxygen atoms in total. The molecule has 2 aliphatic heterocycles. The molecule has 3 heteroatoms. The SMILES string of the molecule is CCCCN1CCC(C2(C)NCC=CS2)CC1. The third-order valence-corrected chi connectivity index (χ3v) is 5.47. The summed E-state index contributed by atoms with van der Waals surface area (Å²) in [6.07, 6.45) is 7.61. The molecule has 2 aliphatic rings. The van der Waals surface area contributed by atoms with E-state index in [1.165, 1.54) is 45.3 Å². The molecule has 2 rings (SSSR count). The van der Waals surface area contributed by atoms with Crippen molar-refractivity contribution in [2.24, 2.45) is 5.92 Å². The highest BCUT2D eigenvalue weighted by Crippen LogP contribution is 2.38. The topological polar surface area (TPSA) is 15.3 Å². The summed E-state index contributed by atoms with van der Waals surface area (Å²) >= 11 is 1.98. The Kier molecular flexibility index (Phi) is 4.95. The van der Waals surface area contributed by atoms with Crippen LogP contribution in [-0.2, 0) is 0 Å². The fourth-order valence-electron chi connectivity index (χ4n) is 2.87. The summed E-state index contributed by atoms with van der Waals surface area (Å²) in [4.78, 5) is 2.93. The molecule has 0 aromatic heterocycles. The van der Waals surface area contributed by atoms with Gasteiger partial charge in [-0.05, 0) is 57.1 Å². The van der Waals surface area contributed by atoms with Crippen molar-refractivity contribution >= 4 is 11.8 Å². The first-order chi connectivity index (χ1) is 8.24. The Morgan fingerprint density at radius 2 is 2.18 bits per heavy atom. The normalized spacial score (nSPS) is 31.9. The van der Waals surface area contributed by atoms with Crippen molar-refractivity contribution in [3.8, 4) is 0 Å². The molecule has 0 radical (unpaired) electrons. The Hall–Kier alpha value is 0.01000. The fraction of sp³-hybridized carbons (Fsp3) is 0.857. The summed E-state index contributed by atoms with van der Waals surface area (Å²) in [5, 5.41) is 5.96. The first-order valence-electron chi connectivity index (χ1n) is 7.05. The first-order valence-corrected chi connectivity index (χ1v) is 7.93. The van der Waals surface area contributed by atoms with Gasteiger partial charge in [0.25, 0.3) is 0 Å². The van der Waals surface area contributed by atoms with E-state index in [9.17, 15) is 0 Å². The van der Waals surface area contributed by atoms with E-state index in [4.69, 9.17) is 0 Å². The maximum Gasteiger partial charge on any atom is 0.0689 e. The van der Waals surface area contributed by atoms with Crippen LogP contribution in [0.5, 0.6) is 0 Å². The highest BCUT2D eigenvalue weighted by molar-refractivity contribution is 8.03. The van der Waals surface area contributed by atoms with Gasteiger partial charge < -0.3 is 4.90 Å². The van der Waals surface area contributed by atoms with Crippen molar-refractivity contribution < 1.29 is 0 Å². The largest absolute Gasteiger partial charge is 0.303 e. The second kappa shape index (κ2) is 6.26. The van der Waals surface area contributed by atoms with Gasteiger partial charge in [-0.2, -0.15) is 0 Å². The van der Waals surface area contributed by atoms with Gasteiger partial charge in [0, 0.05) is 6.54 Å². The fourth-order valence-corrected chi connectivity index (χ4v) is 3.94. The number of piperidine rings is 1. The predicted octanol–water partition coefficient (Wildman–Crippen LogP) is 3.06. The number of rotatable bonds is 4. The summed E-state index contributed by atoms with van der Waals surface area (Å²) in [5.74, 6) is 0.829. The lowest BCUT2D eigenvalue weighted by Crippen LogP contribution is -2.51. The third kappa shape index (κ3) is 3.49. The number of thioether (sulfide) groups is 1. The summed E-state index contributed by atoms with van der Waals surface area (Å²) in [6, 6.07) is 0. The third-order valence-electron chi connectivity index (χ3n) is 4.17. The Balaban J connectivity index is 1.80. The molecule has 0 saturated carbocycles. The highest BCUT2D eigenvalue weighted by atomic mass is 32.2. The minimum atomic E-state index is 0.283. The van der Waals surface area contributed by atoms with Gasteiger partial charge in [-0.15, -0.1) is 11.8 Å². The second-order valence-corrected chi connectivity index (χ2v) is 6.80. The Labute approximate surface area is 110 Å². The molecule has 98 valence electrons. The van der Waals surface area contributed by atoms with E-state index in [1.54, 1.807) is 0 Å². The number of likely N-dealkylation sites (tertiary alicyclic amines) is 1. The van der Waals surface area contributed by atoms with Crippen LogP contribution >= 0.6 is 11.8 Å². The van der Waals surface area contributed by atoms with Crippen molar-refractivity contribution in [3.05, 3.63) is 11.5 Å². The quantitative estimate of drug-likeness (QED) is 0.830. The summed E-state index contributed by atoms with van der Waals surface area (Å²) in [5.41, 5.74) is 0. The van der Waals surface area contributed by atoms with Crippen molar-refractivity contribution in [1.82, 2.24) is 10.2 Å². The zero-order valence-electron chi connectivity index (χ0n) is 11.2. The molecular weight excluding hydrogens is 228 g/mol. The number of nitrogens with one attached hydrogen (secondary N) is 1. The number of nitrogens with zero attached hydrogens (tertiary/aromatic N) is 1. The zero-order chi connectivity index (χ0) is 12.1. The smallest absolute Gasteiger partial charge is 0.0689 e. The zero-order valence-corrected chi connectivity index (χ0v) is 12.1. The van der Waals surface area contributed by atoms with Gasteiger partial charge in [0.2, 0.25) is 0 Å². The number of hydrogen-bond donors (Lipinski definition) is 1. The molecule has 17 heavy (non-hydrogen) atoms. The van der Waals surface area contributed by atoms with Gasteiger partial charge in [-0.25, -0.2) is 0 Å². The Bertz CT molecular complexity index is 259. The van der Waals surface area contributed by atoms with Crippen LogP contribution in [0.1, 0.15) is 39.5 Å². The standard InChI is InChI=1S/C14H26N2S/c1-3-4-9-16-10-6-13(7-11-16)14(2)15-8-5-12-17-14/h5,12-13,15H,3-4,6-11H2,1-2H3. The number of hydrogen-bond acceptors (Lipinski definition) is 3. The minimum Gasteiger partial charge on any atom is -0.303 e. The van der Waals surface area contributed by atoms with E-state index < -0.39 is 0 Å². The summed E-state index contributed by atoms with van der Waals surface area (Å²) in [7, 11) is 0. The summed E-state index contributed by atoms with van der Waals surface area (Å²) in [6.45, 7) is 9.61. The van der Waals surface area contributed by atoms with E-state index >= 15 is 0 Å². The van der Waals surface area contributed by atoms with Gasteiger partial charge in [0.05, 0.1) is 4.87 Å². The van der Waals surface area contributed by atoms with E-state index in [2.05, 4.69) is 35.5 Å². The van der Waals surface area contributed by atoms with Gasteiger partial charge in [-0.3, -0.25) is 5.32 Å². The lowest BCUT2D eigenvalue weighted by molar-refractivity contribution is 0.152. The minimum absolute atomic E-state index is 0.283. The predicted molar refractivity (Wildman–Crippen MR) is 77.2 cm³/mol. The van der Waals surface area contributed by atoms with E-state index in [-0.39, 0.29) is 4.87 Å². The lowest BCUT2D eigenvalue weighted by atomic mass is 9.89. The van der Waals surface area contributed by atoms with Gasteiger partial charge in [0.1, 0.15) is 0 Å². The molecule has 1 N–H and O–H groups in total. The van der Waals surface area contributed by atoms with Crippen LogP contribution in [-0.4, -0.2) is 35.9 Å². The second-order valence-electron chi connectivity index (χ2n) is 5.45. The molecule has 0 aliphatic carbocycles. The molecule has 1 saturated heterocycles. The molecule has 2 heterocycles. The molecule has 0 amide bonds. The summed E-state index contributed by atoms with van der Waals surface area (Å²) < 4.78 is 0. The van der Waals surface area contributed by atoms with Gasteiger partial charge in [-0.1, -0.05) is 19.4 Å². The Morgan fingerprint density at radius 3 is 2.76 bits per heavy atom. The molecule has 0 bridgehead atoms. The van der Waals surface area contributed by atoms with Gasteiger partial charge in [0.15, 0.2) is 0 Å². The van der Waals surface area contributed by atoms with Crippen molar-refractivity contribution in [2.75, 3.05) is 26.2 Å². The van der Waals surface area contributed by atoms with Crippen LogP contribution in [0.15, 0.2) is 11.5 Å². The van der Waals surface area contributed by atoms with Crippen LogP contribution in [0, 0.1) is 5.92 Å². The molecule has 0 spiro atoms.